The van der Waals surface area contributed by atoms with E-state index in [-0.39, 0.29) is 31.1 Å². The highest BCUT2D eigenvalue weighted by atomic mass is 16.4. The molecule has 2 heterocycles. The Hall–Kier alpha value is -3.96. The van der Waals surface area contributed by atoms with Crippen molar-refractivity contribution in [3.05, 3.63) is 29.3 Å². The van der Waals surface area contributed by atoms with Gasteiger partial charge in [0, 0.05) is 19.8 Å². The number of hydrogen-bond acceptors (Lipinski definition) is 6. The number of aryl methyl sites for hydroxylation is 1. The van der Waals surface area contributed by atoms with E-state index in [1.54, 1.807) is 19.9 Å². The molecule has 0 aromatic heterocycles. The molecule has 0 bridgehead atoms. The molecule has 4 amide bonds. The van der Waals surface area contributed by atoms with Crippen LogP contribution in [0.25, 0.3) is 0 Å². The molecule has 0 unspecified atom stereocenters. The number of benzene rings is 1. The summed E-state index contributed by atoms with van der Waals surface area (Å²) in [5.74, 6) is -4.95. The van der Waals surface area contributed by atoms with E-state index in [0.29, 0.717) is 12.1 Å². The van der Waals surface area contributed by atoms with Crippen molar-refractivity contribution >= 4 is 41.3 Å². The van der Waals surface area contributed by atoms with Gasteiger partial charge in [-0.2, -0.15) is 0 Å². The predicted molar refractivity (Wildman–Crippen MR) is 131 cm³/mol. The van der Waals surface area contributed by atoms with Crippen LogP contribution >= 0.6 is 0 Å². The Labute approximate surface area is 213 Å². The summed E-state index contributed by atoms with van der Waals surface area (Å²) in [5.41, 5.74) is 2.14. The molecule has 200 valence electrons. The van der Waals surface area contributed by atoms with Gasteiger partial charge in [-0.3, -0.25) is 28.9 Å². The Bertz CT molecular complexity index is 1120. The monoisotopic (exact) mass is 516 g/mol. The van der Waals surface area contributed by atoms with Crippen LogP contribution in [0.3, 0.4) is 0 Å². The second-order valence-corrected chi connectivity index (χ2v) is 9.71. The van der Waals surface area contributed by atoms with Crippen LogP contribution in [-0.4, -0.2) is 69.9 Å². The number of carboxylic acids is 2. The summed E-state index contributed by atoms with van der Waals surface area (Å²) in [6, 6.07) is 1.11. The van der Waals surface area contributed by atoms with E-state index in [2.05, 4.69) is 16.0 Å². The molecular formula is C25H32N4O8. The minimum atomic E-state index is -1.44. The normalized spacial score (nSPS) is 19.9. The van der Waals surface area contributed by atoms with Gasteiger partial charge in [0.15, 0.2) is 0 Å². The number of carbonyl (C=O) groups excluding carboxylic acids is 4. The average Bonchev–Trinajstić information content (AvgIpc) is 3.15. The van der Waals surface area contributed by atoms with Crippen LogP contribution in [-0.2, 0) is 41.6 Å². The summed E-state index contributed by atoms with van der Waals surface area (Å²) in [4.78, 5) is 75.4. The molecule has 12 nitrogen and oxygen atoms in total. The second-order valence-electron chi connectivity index (χ2n) is 9.71. The number of anilines is 1. The van der Waals surface area contributed by atoms with Crippen LogP contribution < -0.4 is 20.9 Å². The number of para-hydroxylation sites is 1. The van der Waals surface area contributed by atoms with Gasteiger partial charge < -0.3 is 26.2 Å². The molecule has 0 aliphatic carbocycles. The lowest BCUT2D eigenvalue weighted by atomic mass is 10.00. The van der Waals surface area contributed by atoms with Crippen molar-refractivity contribution in [3.8, 4) is 0 Å². The fourth-order valence-electron chi connectivity index (χ4n) is 4.78. The van der Waals surface area contributed by atoms with E-state index >= 15 is 0 Å². The standard InChI is InChI=1S/C25H32N4O8/c1-12(2)20(26-13(3)30)23(34)27-16-8-7-14-5-4-6-15-11-18(29(21(14)15)24(16)35)22(33)28-17(25(36)37)9-10-19(31)32/h4-6,12,16-18,20H,7-11H2,1-3H3,(H,26,30)(H,27,34)(H,28,33)(H,31,32)(H,36,37)/t16-,17-,18-,20-/m0/s1. The quantitative estimate of drug-likeness (QED) is 0.287. The number of carbonyl (C=O) groups is 6. The maximum Gasteiger partial charge on any atom is 0.326 e. The molecule has 1 aromatic carbocycles. The molecule has 1 aromatic rings. The Balaban J connectivity index is 1.86. The van der Waals surface area contributed by atoms with Gasteiger partial charge >= 0.3 is 11.9 Å². The van der Waals surface area contributed by atoms with Gasteiger partial charge in [0.05, 0.1) is 5.69 Å². The highest BCUT2D eigenvalue weighted by Gasteiger charge is 2.45. The van der Waals surface area contributed by atoms with Gasteiger partial charge in [0.2, 0.25) is 23.6 Å². The van der Waals surface area contributed by atoms with Gasteiger partial charge in [0.1, 0.15) is 24.2 Å². The molecule has 5 N–H and O–H groups in total. The first-order valence-corrected chi connectivity index (χ1v) is 12.2. The van der Waals surface area contributed by atoms with Crippen LogP contribution in [0, 0.1) is 5.92 Å². The number of aliphatic carboxylic acids is 2. The fourth-order valence-corrected chi connectivity index (χ4v) is 4.78. The van der Waals surface area contributed by atoms with Crippen LogP contribution in [0.5, 0.6) is 0 Å². The molecule has 0 radical (unpaired) electrons. The Kier molecular flexibility index (Phi) is 8.51. The third-order valence-electron chi connectivity index (χ3n) is 6.60. The van der Waals surface area contributed by atoms with Gasteiger partial charge in [0.25, 0.3) is 0 Å². The maximum atomic E-state index is 13.7. The predicted octanol–water partition coefficient (Wildman–Crippen LogP) is -0.0298. The van der Waals surface area contributed by atoms with Crippen molar-refractivity contribution in [1.82, 2.24) is 16.0 Å². The van der Waals surface area contributed by atoms with E-state index in [1.807, 2.05) is 12.1 Å². The van der Waals surface area contributed by atoms with Crippen molar-refractivity contribution in [2.75, 3.05) is 4.90 Å². The number of carboxylic acid groups (broad SMARTS) is 2. The molecule has 2 aliphatic heterocycles. The highest BCUT2D eigenvalue weighted by Crippen LogP contribution is 2.39. The first kappa shape index (κ1) is 27.6. The Morgan fingerprint density at radius 1 is 1.08 bits per heavy atom. The molecule has 0 spiro atoms. The van der Waals surface area contributed by atoms with Crippen molar-refractivity contribution in [1.29, 1.82) is 0 Å². The van der Waals surface area contributed by atoms with Crippen LogP contribution in [0.1, 0.15) is 51.2 Å². The highest BCUT2D eigenvalue weighted by molar-refractivity contribution is 6.08. The van der Waals surface area contributed by atoms with Crippen molar-refractivity contribution in [2.45, 2.75) is 77.0 Å². The fraction of sp³-hybridized carbons (Fsp3) is 0.520. The van der Waals surface area contributed by atoms with Crippen LogP contribution in [0.2, 0.25) is 0 Å². The minimum absolute atomic E-state index is 0.146. The molecule has 3 rings (SSSR count). The largest absolute Gasteiger partial charge is 0.481 e. The zero-order valence-corrected chi connectivity index (χ0v) is 20.9. The first-order valence-electron chi connectivity index (χ1n) is 12.2. The summed E-state index contributed by atoms with van der Waals surface area (Å²) in [6.45, 7) is 4.83. The summed E-state index contributed by atoms with van der Waals surface area (Å²) in [6.07, 6.45) is 0.107. The van der Waals surface area contributed by atoms with E-state index in [0.717, 1.165) is 11.1 Å². The molecule has 12 heteroatoms. The summed E-state index contributed by atoms with van der Waals surface area (Å²) in [5, 5.41) is 26.1. The van der Waals surface area contributed by atoms with Crippen molar-refractivity contribution in [3.63, 3.8) is 0 Å². The lowest BCUT2D eigenvalue weighted by molar-refractivity contribution is -0.143. The number of amides is 4. The SMILES string of the molecule is CC(=O)N[C@H](C(=O)N[C@H]1CCc2cccc3c2N(C1=O)[C@H](C(=O)N[C@@H](CCC(=O)O)C(=O)O)C3)C(C)C. The van der Waals surface area contributed by atoms with E-state index < -0.39 is 60.2 Å². The second kappa shape index (κ2) is 11.4. The summed E-state index contributed by atoms with van der Waals surface area (Å²) >= 11 is 0. The lowest BCUT2D eigenvalue weighted by Gasteiger charge is -2.30. The van der Waals surface area contributed by atoms with E-state index in [4.69, 9.17) is 5.11 Å². The molecule has 0 saturated heterocycles. The maximum absolute atomic E-state index is 13.7. The zero-order valence-electron chi connectivity index (χ0n) is 20.9. The van der Waals surface area contributed by atoms with Crippen LogP contribution in [0.4, 0.5) is 5.69 Å². The summed E-state index contributed by atoms with van der Waals surface area (Å²) < 4.78 is 0. The van der Waals surface area contributed by atoms with Crippen LogP contribution in [0.15, 0.2) is 18.2 Å². The van der Waals surface area contributed by atoms with Gasteiger partial charge in [-0.05, 0) is 36.3 Å². The molecular weight excluding hydrogens is 484 g/mol. The number of nitrogens with one attached hydrogen (secondary N) is 3. The number of hydrogen-bond donors (Lipinski definition) is 5. The van der Waals surface area contributed by atoms with E-state index in [1.165, 1.54) is 11.8 Å². The average molecular weight is 517 g/mol. The molecule has 0 fully saturated rings. The summed E-state index contributed by atoms with van der Waals surface area (Å²) in [7, 11) is 0. The lowest BCUT2D eigenvalue weighted by Crippen LogP contribution is -2.58. The third kappa shape index (κ3) is 6.25. The molecule has 4 atom stereocenters. The smallest absolute Gasteiger partial charge is 0.326 e. The first-order chi connectivity index (χ1) is 17.4. The molecule has 37 heavy (non-hydrogen) atoms. The molecule has 2 aliphatic rings. The van der Waals surface area contributed by atoms with Gasteiger partial charge in [-0.1, -0.05) is 32.0 Å². The Morgan fingerprint density at radius 2 is 1.76 bits per heavy atom. The van der Waals surface area contributed by atoms with Crippen molar-refractivity contribution in [2.24, 2.45) is 5.92 Å². The Morgan fingerprint density at radius 3 is 2.35 bits per heavy atom. The number of rotatable bonds is 10. The van der Waals surface area contributed by atoms with Gasteiger partial charge in [-0.25, -0.2) is 4.79 Å². The zero-order chi connectivity index (χ0) is 27.4. The van der Waals surface area contributed by atoms with Gasteiger partial charge in [-0.15, -0.1) is 0 Å². The minimum Gasteiger partial charge on any atom is -0.481 e. The van der Waals surface area contributed by atoms with E-state index in [9.17, 15) is 33.9 Å². The topological polar surface area (TPSA) is 182 Å². The van der Waals surface area contributed by atoms with Crippen molar-refractivity contribution < 1.29 is 39.0 Å². The third-order valence-corrected chi connectivity index (χ3v) is 6.60. The number of nitrogens with zero attached hydrogens (tertiary/aromatic N) is 1. The molecule has 0 saturated carbocycles.